The average Bonchev–Trinajstić information content (AvgIpc) is 3.28. The maximum Gasteiger partial charge on any atom is 0.419 e. The molecule has 0 aliphatic heterocycles. The Kier molecular flexibility index (Phi) is 10.4. The van der Waals surface area contributed by atoms with Crippen LogP contribution in [0.25, 0.3) is 5.69 Å². The van der Waals surface area contributed by atoms with Gasteiger partial charge in [0.15, 0.2) is 5.78 Å². The first-order chi connectivity index (χ1) is 17.0. The van der Waals surface area contributed by atoms with Crippen molar-refractivity contribution in [2.24, 2.45) is 0 Å². The first-order valence-electron chi connectivity index (χ1n) is 11.7. The molecule has 0 saturated heterocycles. The van der Waals surface area contributed by atoms with Crippen LogP contribution in [0.15, 0.2) is 48.8 Å². The molecular formula is C27H31F3N2O4S. The van der Waals surface area contributed by atoms with Crippen molar-refractivity contribution in [3.8, 4) is 11.4 Å². The molecule has 3 aromatic rings. The van der Waals surface area contributed by atoms with Crippen LogP contribution < -0.4 is 4.74 Å². The molecule has 10 heteroatoms. The molecule has 2 aromatic carbocycles. The number of aryl methyl sites for hydroxylation is 2. The van der Waals surface area contributed by atoms with E-state index in [0.717, 1.165) is 41.9 Å². The smallest absolute Gasteiger partial charge is 0.419 e. The molecule has 6 nitrogen and oxygen atoms in total. The van der Waals surface area contributed by atoms with Gasteiger partial charge in [0.1, 0.15) is 11.9 Å². The molecule has 0 spiro atoms. The number of aromatic nitrogens is 2. The van der Waals surface area contributed by atoms with Gasteiger partial charge in [-0.2, -0.15) is 31.8 Å². The predicted octanol–water partition coefficient (Wildman–Crippen LogP) is 6.98. The average molecular weight is 537 g/mol. The topological polar surface area (TPSA) is 81.4 Å². The van der Waals surface area contributed by atoms with Gasteiger partial charge < -0.3 is 9.84 Å². The van der Waals surface area contributed by atoms with Crippen molar-refractivity contribution in [1.29, 1.82) is 0 Å². The molecule has 0 bridgehead atoms. The van der Waals surface area contributed by atoms with Gasteiger partial charge in [0.05, 0.1) is 17.4 Å². The summed E-state index contributed by atoms with van der Waals surface area (Å²) in [6.07, 6.45) is -0.968. The summed E-state index contributed by atoms with van der Waals surface area (Å²) in [7, 11) is 0. The molecule has 0 aliphatic rings. The minimum absolute atomic E-state index is 0. The van der Waals surface area contributed by atoms with Crippen LogP contribution >= 0.6 is 13.5 Å². The van der Waals surface area contributed by atoms with E-state index < -0.39 is 17.7 Å². The number of rotatable bonds is 11. The molecule has 3 rings (SSSR count). The van der Waals surface area contributed by atoms with Gasteiger partial charge in [-0.05, 0) is 55.5 Å². The van der Waals surface area contributed by atoms with Crippen molar-refractivity contribution in [1.82, 2.24) is 9.78 Å². The standard InChI is InChI=1S/C27H29F3N2O4.H2S/c1-4-6-24(20-11-9-19(10-12-20)23(33)7-5-8-25(34)35)36-22-13-17(2)26(18(3)14-22)32-16-21(15-31-32)27(28,29)30;/h9-16,24H,4-8H2,1-3H3,(H,34,35);1H2/t24-;/m0./s1. The molecule has 1 aromatic heterocycles. The normalized spacial score (nSPS) is 12.1. The van der Waals surface area contributed by atoms with E-state index in [1.54, 1.807) is 38.1 Å². The van der Waals surface area contributed by atoms with Crippen LogP contribution in [-0.4, -0.2) is 26.6 Å². The Bertz CT molecular complexity index is 1200. The molecule has 37 heavy (non-hydrogen) atoms. The minimum atomic E-state index is -4.46. The van der Waals surface area contributed by atoms with E-state index >= 15 is 0 Å². The van der Waals surface area contributed by atoms with Crippen molar-refractivity contribution in [2.75, 3.05) is 0 Å². The predicted molar refractivity (Wildman–Crippen MR) is 139 cm³/mol. The number of carbonyl (C=O) groups excluding carboxylic acids is 1. The molecule has 0 aliphatic carbocycles. The fourth-order valence-electron chi connectivity index (χ4n) is 4.09. The van der Waals surface area contributed by atoms with Crippen LogP contribution in [-0.2, 0) is 11.0 Å². The van der Waals surface area contributed by atoms with E-state index in [1.807, 2.05) is 19.1 Å². The van der Waals surface area contributed by atoms with Crippen LogP contribution in [0.2, 0.25) is 0 Å². The molecule has 1 atom stereocenters. The Morgan fingerprint density at radius 3 is 2.22 bits per heavy atom. The number of aliphatic carboxylic acids is 1. The van der Waals surface area contributed by atoms with E-state index in [2.05, 4.69) is 5.10 Å². The minimum Gasteiger partial charge on any atom is -0.486 e. The summed E-state index contributed by atoms with van der Waals surface area (Å²) in [5.74, 6) is -0.444. The highest BCUT2D eigenvalue weighted by Crippen LogP contribution is 2.33. The summed E-state index contributed by atoms with van der Waals surface area (Å²) in [6, 6.07) is 10.7. The zero-order valence-corrected chi connectivity index (χ0v) is 21.9. The van der Waals surface area contributed by atoms with Gasteiger partial charge in [0, 0.05) is 24.6 Å². The van der Waals surface area contributed by atoms with Crippen LogP contribution in [0.3, 0.4) is 0 Å². The van der Waals surface area contributed by atoms with Gasteiger partial charge in [-0.1, -0.05) is 37.6 Å². The summed E-state index contributed by atoms with van der Waals surface area (Å²) in [6.45, 7) is 5.62. The lowest BCUT2D eigenvalue weighted by Gasteiger charge is -2.21. The van der Waals surface area contributed by atoms with Crippen LogP contribution in [0, 0.1) is 13.8 Å². The Morgan fingerprint density at radius 1 is 1.08 bits per heavy atom. The summed E-state index contributed by atoms with van der Waals surface area (Å²) in [5, 5.41) is 12.6. The van der Waals surface area contributed by atoms with Crippen LogP contribution in [0.1, 0.15) is 77.7 Å². The number of alkyl halides is 3. The number of ketones is 1. The van der Waals surface area contributed by atoms with Gasteiger partial charge in [-0.15, -0.1) is 0 Å². The number of benzene rings is 2. The molecule has 0 amide bonds. The van der Waals surface area contributed by atoms with Gasteiger partial charge >= 0.3 is 12.1 Å². The van der Waals surface area contributed by atoms with E-state index in [0.29, 0.717) is 23.4 Å². The number of halogens is 3. The maximum absolute atomic E-state index is 13.0. The number of ether oxygens (including phenoxy) is 1. The lowest BCUT2D eigenvalue weighted by atomic mass is 10.00. The maximum atomic E-state index is 13.0. The number of carbonyl (C=O) groups is 2. The zero-order valence-electron chi connectivity index (χ0n) is 20.9. The van der Waals surface area contributed by atoms with Crippen molar-refractivity contribution in [2.45, 2.75) is 65.2 Å². The highest BCUT2D eigenvalue weighted by Gasteiger charge is 2.32. The Hall–Kier alpha value is -3.27. The second kappa shape index (κ2) is 12.8. The first-order valence-corrected chi connectivity index (χ1v) is 11.7. The van der Waals surface area contributed by atoms with Crippen LogP contribution in [0.5, 0.6) is 5.75 Å². The number of carboxylic acids is 1. The third-order valence-corrected chi connectivity index (χ3v) is 5.83. The SMILES string of the molecule is CCC[C@H](Oc1cc(C)c(-n2cc(C(F)(F)F)cn2)c(C)c1)c1ccc(C(=O)CCCC(=O)O)cc1.S. The van der Waals surface area contributed by atoms with Gasteiger partial charge in [0.25, 0.3) is 0 Å². The highest BCUT2D eigenvalue weighted by molar-refractivity contribution is 7.59. The molecule has 0 saturated carbocycles. The lowest BCUT2D eigenvalue weighted by molar-refractivity contribution is -0.138. The third kappa shape index (κ3) is 7.85. The first kappa shape index (κ1) is 30.0. The molecule has 0 radical (unpaired) electrons. The number of nitrogens with zero attached hydrogens (tertiary/aromatic N) is 2. The van der Waals surface area contributed by atoms with Crippen molar-refractivity contribution >= 4 is 25.2 Å². The molecule has 0 unspecified atom stereocenters. The van der Waals surface area contributed by atoms with E-state index in [1.165, 1.54) is 4.68 Å². The van der Waals surface area contributed by atoms with Crippen molar-refractivity contribution in [3.63, 3.8) is 0 Å². The molecular weight excluding hydrogens is 505 g/mol. The zero-order chi connectivity index (χ0) is 26.5. The molecule has 1 heterocycles. The summed E-state index contributed by atoms with van der Waals surface area (Å²) in [5.41, 5.74) is 2.61. The number of hydrogen-bond donors (Lipinski definition) is 1. The van der Waals surface area contributed by atoms with E-state index in [4.69, 9.17) is 9.84 Å². The fourth-order valence-corrected chi connectivity index (χ4v) is 4.09. The second-order valence-corrected chi connectivity index (χ2v) is 8.76. The number of carboxylic acid groups (broad SMARTS) is 1. The van der Waals surface area contributed by atoms with Gasteiger partial charge in [-0.3, -0.25) is 9.59 Å². The number of Topliss-reactive ketones (excluding diaryl/α,β-unsaturated/α-hetero) is 1. The fraction of sp³-hybridized carbons (Fsp3) is 0.370. The molecule has 1 N–H and O–H groups in total. The summed E-state index contributed by atoms with van der Waals surface area (Å²) >= 11 is 0. The highest BCUT2D eigenvalue weighted by atomic mass is 32.1. The largest absolute Gasteiger partial charge is 0.486 e. The quantitative estimate of drug-likeness (QED) is 0.268. The monoisotopic (exact) mass is 536 g/mol. The third-order valence-electron chi connectivity index (χ3n) is 5.83. The summed E-state index contributed by atoms with van der Waals surface area (Å²) in [4.78, 5) is 23.0. The van der Waals surface area contributed by atoms with Crippen LogP contribution in [0.4, 0.5) is 13.2 Å². The molecule has 200 valence electrons. The van der Waals surface area contributed by atoms with E-state index in [-0.39, 0.29) is 38.2 Å². The van der Waals surface area contributed by atoms with Crippen molar-refractivity contribution in [3.05, 3.63) is 76.6 Å². The summed E-state index contributed by atoms with van der Waals surface area (Å²) < 4.78 is 46.5. The van der Waals surface area contributed by atoms with E-state index in [9.17, 15) is 22.8 Å². The molecule has 0 fully saturated rings. The number of hydrogen-bond acceptors (Lipinski definition) is 4. The Labute approximate surface area is 220 Å². The van der Waals surface area contributed by atoms with Crippen molar-refractivity contribution < 1.29 is 32.6 Å². The lowest BCUT2D eigenvalue weighted by Crippen LogP contribution is -2.10. The second-order valence-electron chi connectivity index (χ2n) is 8.76. The van der Waals surface area contributed by atoms with Gasteiger partial charge in [-0.25, -0.2) is 4.68 Å². The Morgan fingerprint density at radius 2 is 1.70 bits per heavy atom. The Balaban J connectivity index is 0.00000481. The van der Waals surface area contributed by atoms with Gasteiger partial charge in [0.2, 0.25) is 0 Å².